The van der Waals surface area contributed by atoms with E-state index in [0.717, 1.165) is 47.5 Å². The number of carbonyl (C=O) groups excluding carboxylic acids is 6. The van der Waals surface area contributed by atoms with Gasteiger partial charge in [-0.1, -0.05) is 79.0 Å². The Morgan fingerprint density at radius 1 is 0.609 bits per heavy atom. The van der Waals surface area contributed by atoms with E-state index in [1.165, 1.54) is 4.90 Å². The summed E-state index contributed by atoms with van der Waals surface area (Å²) < 4.78 is 22.5. The van der Waals surface area contributed by atoms with Gasteiger partial charge in [0.05, 0.1) is 36.7 Å². The number of unbranched alkanes of at least 4 members (excludes halogenated alkanes) is 3. The number of nitrogens with one attached hydrogen (secondary N) is 10. The van der Waals surface area contributed by atoms with Gasteiger partial charge in [0.2, 0.25) is 42.1 Å². The summed E-state index contributed by atoms with van der Waals surface area (Å²) in [6, 6.07) is 42.0. The predicted octanol–water partition coefficient (Wildman–Crippen LogP) is 3.88. The Kier molecular flexibility index (Phi) is 38.5. The fourth-order valence-electron chi connectivity index (χ4n) is 15.5. The SMILES string of the molecule is N=C(N)NCCCC(NC(=O)C1CCCCN1C(=O)C(Cc1ccccc1)NC(=O)CCCCCNC(=O)CCCCC1SCC2NC(=O)NC21)C(=O)Nc1ccc(NC(=S)Nc2ccc(CCN(Cc3cc(C#Cc4ccc(OC5O[C@@H](CO)[C@H](O)[C@@H](O)[C@@H]5O)cc4)ccn3)Cc3cc(C#Cc4ccc(OC5O[C@H](CO)[C@@H](O)[C@H](O)[C@H]5O)cc4)ccn3)cc2)cc1.[Eu+3]. The standard InChI is InChI=1S/C92H111N15O18S2.Eu/c93-90(94)98-43-11-14-69(103-86(119)72-15-8-10-46-107(72)87(120)70(50-59-12-3-1-4-13-59)102-77(111)18-5-2-9-42-97-76(110)17-7-6-16-75-78-71(55-127-75)104-91(121)105-78)85(118)99-62-31-33-64(34-32-62)101-92(126)100-63-29-23-58(24-30-63)41-47-106(51-65-48-60(39-44-95-65)21-19-56-25-35-67(36-26-56)122-88-83(116)81(114)79(112)73(53-108)124-88)52-66-49-61(40-45-96-66)22-20-57-27-37-68(38-28-57)123-89-84(117)82(115)80(113)74(54-109)125-89;/h1,3-4,12-13,23-40,44-45,48-49,69-75,78-84,88-89,108-109,112-117H,2,5-11,14-18,41-43,46-47,50-55H2,(H,97,110)(H,99,118)(H,102,111)(H,103,119)(H4,93,94,98)(H2,100,101,126)(H2,104,105,121);/q;+3/t69?,70?,71?,72?,73-,74+,75?,78?,79-,80+,81+,82-,83-,84+,88?,89?;. The topological polar surface area (TPSA) is 492 Å². The molecule has 0 aliphatic carbocycles. The van der Waals surface area contributed by atoms with Crippen LogP contribution in [0, 0.1) is 78.5 Å². The first-order chi connectivity index (χ1) is 61.5. The van der Waals surface area contributed by atoms with Gasteiger partial charge in [0.25, 0.3) is 0 Å². The molecule has 5 aliphatic heterocycles. The van der Waals surface area contributed by atoms with E-state index in [0.29, 0.717) is 140 Å². The van der Waals surface area contributed by atoms with Crippen LogP contribution < -0.4 is 63.1 Å². The summed E-state index contributed by atoms with van der Waals surface area (Å²) in [5.41, 5.74) is 13.3. The number of hydrogen-bond donors (Lipinski definition) is 19. The minimum Gasteiger partial charge on any atom is -0.462 e. The van der Waals surface area contributed by atoms with Crippen molar-refractivity contribution in [2.75, 3.05) is 61.1 Å². The zero-order valence-corrected chi connectivity index (χ0v) is 74.6. The number of fused-ring (bicyclic) bond motifs is 1. The number of aliphatic hydroxyl groups is 8. The number of aliphatic hydroxyl groups excluding tert-OH is 8. The van der Waals surface area contributed by atoms with Gasteiger partial charge in [0.15, 0.2) is 11.1 Å². The average molecular weight is 1930 g/mol. The van der Waals surface area contributed by atoms with E-state index in [4.69, 9.17) is 52.3 Å². The van der Waals surface area contributed by atoms with Gasteiger partial charge in [0, 0.05) is 121 Å². The molecule has 2 aromatic heterocycles. The van der Waals surface area contributed by atoms with Crippen molar-refractivity contribution >= 4 is 87.7 Å². The Balaban J connectivity index is 0.0000159. The van der Waals surface area contributed by atoms with E-state index in [1.54, 1.807) is 97.3 Å². The molecule has 7 amide bonds. The van der Waals surface area contributed by atoms with E-state index >= 15 is 0 Å². The fourth-order valence-corrected chi connectivity index (χ4v) is 17.3. The predicted molar refractivity (Wildman–Crippen MR) is 479 cm³/mol. The molecule has 0 saturated carbocycles. The molecule has 16 atom stereocenters. The van der Waals surface area contributed by atoms with E-state index in [2.05, 4.69) is 76.4 Å². The van der Waals surface area contributed by atoms with Crippen molar-refractivity contribution in [1.82, 2.24) is 51.7 Å². The quantitative estimate of drug-likeness (QED) is 0.00652. The van der Waals surface area contributed by atoms with Crippen molar-refractivity contribution in [3.8, 4) is 35.2 Å². The third-order valence-corrected chi connectivity index (χ3v) is 24.2. The van der Waals surface area contributed by atoms with Crippen LogP contribution in [0.2, 0.25) is 0 Å². The Bertz CT molecular complexity index is 4830. The minimum atomic E-state index is -1.59. The maximum Gasteiger partial charge on any atom is 3.00 e. The molecule has 5 saturated heterocycles. The van der Waals surface area contributed by atoms with Gasteiger partial charge < -0.3 is 118 Å². The fraction of sp³-hybridized carbons (Fsp3) is 0.435. The number of rotatable bonds is 38. The molecule has 5 aliphatic rings. The maximum atomic E-state index is 14.8. The molecule has 0 spiro atoms. The number of amides is 7. The normalized spacial score (nSPS) is 22.6. The van der Waals surface area contributed by atoms with E-state index in [-0.39, 0.29) is 123 Å². The summed E-state index contributed by atoms with van der Waals surface area (Å²) in [5.74, 6) is 12.2. The van der Waals surface area contributed by atoms with Crippen molar-refractivity contribution in [1.29, 1.82) is 5.41 Å². The van der Waals surface area contributed by atoms with Crippen LogP contribution in [0.5, 0.6) is 11.5 Å². The van der Waals surface area contributed by atoms with Crippen LogP contribution in [0.4, 0.5) is 21.9 Å². The summed E-state index contributed by atoms with van der Waals surface area (Å²) in [4.78, 5) is 95.0. The van der Waals surface area contributed by atoms with Crippen LogP contribution in [0.3, 0.4) is 0 Å². The number of urea groups is 1. The molecule has 7 heterocycles. The van der Waals surface area contributed by atoms with Crippen LogP contribution in [-0.2, 0) is 59.4 Å². The number of ether oxygens (including phenoxy) is 4. The smallest absolute Gasteiger partial charge is 0.462 e. The number of benzene rings is 5. The van der Waals surface area contributed by atoms with Gasteiger partial charge >= 0.3 is 55.4 Å². The van der Waals surface area contributed by atoms with Crippen molar-refractivity contribution in [2.24, 2.45) is 5.73 Å². The third-order valence-electron chi connectivity index (χ3n) is 22.5. The number of aromatic nitrogens is 2. The molecule has 128 heavy (non-hydrogen) atoms. The molecule has 0 radical (unpaired) electrons. The number of nitrogens with zero attached hydrogens (tertiary/aromatic N) is 4. The summed E-state index contributed by atoms with van der Waals surface area (Å²) in [6.07, 6.45) is -3.01. The molecule has 8 unspecified atom stereocenters. The van der Waals surface area contributed by atoms with Gasteiger partial charge in [-0.15, -0.1) is 0 Å². The molecular weight excluding hydrogens is 1820 g/mol. The zero-order chi connectivity index (χ0) is 89.7. The molecular formula is C92H111EuN15O18S2+3. The number of thiocarbonyl (C=S) groups is 1. The van der Waals surface area contributed by atoms with E-state index < -0.39 is 110 Å². The number of anilines is 3. The van der Waals surface area contributed by atoms with Crippen molar-refractivity contribution in [3.05, 3.63) is 209 Å². The Morgan fingerprint density at radius 3 is 1.73 bits per heavy atom. The first-order valence-electron chi connectivity index (χ1n) is 42.8. The molecule has 5 aromatic carbocycles. The number of nitrogens with two attached hydrogens (primary N) is 1. The minimum absolute atomic E-state index is 0. The Hall–Kier alpha value is -9.81. The summed E-state index contributed by atoms with van der Waals surface area (Å²) >= 11 is 7.63. The van der Waals surface area contributed by atoms with E-state index in [9.17, 15) is 69.6 Å². The second-order valence-corrected chi connectivity index (χ2v) is 33.7. The van der Waals surface area contributed by atoms with Crippen LogP contribution >= 0.6 is 24.0 Å². The average Bonchev–Trinajstić information content (AvgIpc) is 1.77. The molecule has 678 valence electrons. The largest absolute Gasteiger partial charge is 3.00 e. The summed E-state index contributed by atoms with van der Waals surface area (Å²) in [5, 5.41) is 116. The van der Waals surface area contributed by atoms with Crippen LogP contribution in [0.1, 0.15) is 128 Å². The number of guanidine groups is 1. The van der Waals surface area contributed by atoms with Gasteiger partial charge in [-0.3, -0.25) is 44.2 Å². The molecule has 0 bridgehead atoms. The number of hydrogen-bond acceptors (Lipinski definition) is 24. The number of carbonyl (C=O) groups is 6. The molecule has 36 heteroatoms. The second-order valence-electron chi connectivity index (χ2n) is 32.0. The molecule has 33 nitrogen and oxygen atoms in total. The number of likely N-dealkylation sites (tertiary alicyclic amines) is 1. The summed E-state index contributed by atoms with van der Waals surface area (Å²) in [7, 11) is 0. The van der Waals surface area contributed by atoms with Gasteiger partial charge in [-0.2, -0.15) is 11.8 Å². The van der Waals surface area contributed by atoms with Gasteiger partial charge in [-0.05, 0) is 197 Å². The zero-order valence-electron chi connectivity index (χ0n) is 70.5. The third kappa shape index (κ3) is 29.6. The van der Waals surface area contributed by atoms with Gasteiger partial charge in [0.1, 0.15) is 78.5 Å². The first kappa shape index (κ1) is 98.8. The molecule has 12 rings (SSSR count). The monoisotopic (exact) mass is 1930 g/mol. The second kappa shape index (κ2) is 49.8. The molecule has 7 aromatic rings. The molecule has 20 N–H and O–H groups in total. The number of pyridine rings is 2. The van der Waals surface area contributed by atoms with Crippen LogP contribution in [0.25, 0.3) is 0 Å². The van der Waals surface area contributed by atoms with Crippen molar-refractivity contribution < 1.29 is 138 Å². The van der Waals surface area contributed by atoms with Crippen molar-refractivity contribution in [3.63, 3.8) is 0 Å². The maximum absolute atomic E-state index is 14.8. The Morgan fingerprint density at radius 2 is 1.16 bits per heavy atom. The van der Waals surface area contributed by atoms with Gasteiger partial charge in [-0.25, -0.2) is 4.79 Å². The number of thioether (sulfide) groups is 1. The van der Waals surface area contributed by atoms with Crippen LogP contribution in [-0.4, -0.2) is 249 Å². The van der Waals surface area contributed by atoms with Crippen molar-refractivity contribution in [2.45, 2.75) is 206 Å². The molecule has 5 fully saturated rings. The summed E-state index contributed by atoms with van der Waals surface area (Å²) in [6.45, 7) is 1.16. The first-order valence-corrected chi connectivity index (χ1v) is 44.3. The number of piperidine rings is 1. The Labute approximate surface area is 793 Å². The van der Waals surface area contributed by atoms with Crippen LogP contribution in [0.15, 0.2) is 164 Å². The van der Waals surface area contributed by atoms with E-state index in [1.807, 2.05) is 78.5 Å².